The van der Waals surface area contributed by atoms with E-state index in [1.807, 2.05) is 60.7 Å². The molecule has 0 radical (unpaired) electrons. The second-order valence-corrected chi connectivity index (χ2v) is 7.92. The molecule has 0 bridgehead atoms. The molecule has 4 atom stereocenters. The molecule has 33 heavy (non-hydrogen) atoms. The zero-order valence-corrected chi connectivity index (χ0v) is 19.0. The highest BCUT2D eigenvalue weighted by Crippen LogP contribution is 2.40. The van der Waals surface area contributed by atoms with Crippen molar-refractivity contribution in [2.24, 2.45) is 0 Å². The van der Waals surface area contributed by atoms with Crippen LogP contribution in [0, 0.1) is 0 Å². The second kappa shape index (κ2) is 11.7. The third-order valence-corrected chi connectivity index (χ3v) is 5.24. The molecule has 1 heterocycles. The second-order valence-electron chi connectivity index (χ2n) is 7.92. The van der Waals surface area contributed by atoms with Crippen LogP contribution in [0.15, 0.2) is 73.3 Å². The Morgan fingerprint density at radius 2 is 1.52 bits per heavy atom. The first-order valence-corrected chi connectivity index (χ1v) is 10.8. The Morgan fingerprint density at radius 1 is 0.939 bits per heavy atom. The molecule has 1 aliphatic heterocycles. The van der Waals surface area contributed by atoms with Crippen molar-refractivity contribution in [3.8, 4) is 0 Å². The van der Waals surface area contributed by atoms with Crippen LogP contribution in [0.3, 0.4) is 0 Å². The van der Waals surface area contributed by atoms with Crippen molar-refractivity contribution in [3.63, 3.8) is 0 Å². The maximum atomic E-state index is 11.9. The van der Waals surface area contributed by atoms with Gasteiger partial charge in [0, 0.05) is 13.8 Å². The third kappa shape index (κ3) is 6.74. The molecule has 1 saturated heterocycles. The third-order valence-electron chi connectivity index (χ3n) is 5.24. The smallest absolute Gasteiger partial charge is 0.305 e. The Balaban J connectivity index is 1.87. The summed E-state index contributed by atoms with van der Waals surface area (Å²) in [6.45, 7) is 7.13. The molecular weight excluding hydrogens is 424 g/mol. The van der Waals surface area contributed by atoms with E-state index in [1.165, 1.54) is 13.8 Å². The molecule has 0 N–H and O–H groups in total. The summed E-state index contributed by atoms with van der Waals surface area (Å²) in [7, 11) is 0. The molecule has 1 aliphatic rings. The lowest BCUT2D eigenvalue weighted by Gasteiger charge is -2.33. The highest BCUT2D eigenvalue weighted by Gasteiger charge is 2.59. The Hall–Kier alpha value is -3.00. The van der Waals surface area contributed by atoms with Crippen LogP contribution in [0.4, 0.5) is 0 Å². The number of rotatable bonds is 11. The highest BCUT2D eigenvalue weighted by molar-refractivity contribution is 5.67. The molecule has 2 unspecified atom stereocenters. The van der Waals surface area contributed by atoms with Gasteiger partial charge in [-0.25, -0.2) is 0 Å². The van der Waals surface area contributed by atoms with Crippen molar-refractivity contribution in [1.82, 2.24) is 0 Å². The molecular formula is C26H30O7. The average molecular weight is 455 g/mol. The van der Waals surface area contributed by atoms with E-state index in [9.17, 15) is 9.59 Å². The van der Waals surface area contributed by atoms with E-state index in [4.69, 9.17) is 23.7 Å². The monoisotopic (exact) mass is 454 g/mol. The largest absolute Gasteiger partial charge is 0.453 e. The Bertz CT molecular complexity index is 915. The molecule has 0 spiro atoms. The van der Waals surface area contributed by atoms with Crippen LogP contribution >= 0.6 is 0 Å². The van der Waals surface area contributed by atoms with Crippen LogP contribution in [-0.2, 0) is 46.5 Å². The molecule has 0 amide bonds. The molecule has 7 heteroatoms. The van der Waals surface area contributed by atoms with E-state index in [2.05, 4.69) is 6.58 Å². The van der Waals surface area contributed by atoms with Crippen LogP contribution in [-0.4, -0.2) is 42.6 Å². The van der Waals surface area contributed by atoms with Gasteiger partial charge in [0.2, 0.25) is 6.29 Å². The van der Waals surface area contributed by atoms with Gasteiger partial charge < -0.3 is 23.7 Å². The van der Waals surface area contributed by atoms with Crippen LogP contribution in [0.5, 0.6) is 0 Å². The molecule has 1 fully saturated rings. The summed E-state index contributed by atoms with van der Waals surface area (Å²) in [5, 5.41) is 0. The van der Waals surface area contributed by atoms with Gasteiger partial charge in [-0.05, 0) is 17.5 Å². The van der Waals surface area contributed by atoms with Crippen molar-refractivity contribution in [2.45, 2.75) is 57.6 Å². The van der Waals surface area contributed by atoms with Crippen LogP contribution in [0.25, 0.3) is 0 Å². The number of esters is 2. The van der Waals surface area contributed by atoms with E-state index >= 15 is 0 Å². The summed E-state index contributed by atoms with van der Waals surface area (Å²) in [5.74, 6) is -1.09. The minimum absolute atomic E-state index is 0.114. The predicted molar refractivity (Wildman–Crippen MR) is 121 cm³/mol. The van der Waals surface area contributed by atoms with Crippen molar-refractivity contribution in [2.75, 3.05) is 6.61 Å². The van der Waals surface area contributed by atoms with Gasteiger partial charge in [0.15, 0.2) is 6.10 Å². The van der Waals surface area contributed by atoms with Crippen molar-refractivity contribution >= 4 is 11.9 Å². The van der Waals surface area contributed by atoms with Gasteiger partial charge >= 0.3 is 11.9 Å². The quantitative estimate of drug-likeness (QED) is 0.376. The zero-order valence-electron chi connectivity index (χ0n) is 19.0. The fourth-order valence-electron chi connectivity index (χ4n) is 3.88. The molecule has 3 rings (SSSR count). The number of carbonyl (C=O) groups is 2. The van der Waals surface area contributed by atoms with Gasteiger partial charge in [-0.15, -0.1) is 6.58 Å². The molecule has 0 aromatic heterocycles. The number of hydrogen-bond acceptors (Lipinski definition) is 7. The lowest BCUT2D eigenvalue weighted by Crippen LogP contribution is -2.49. The minimum Gasteiger partial charge on any atom is -0.453 e. The normalized spacial score (nSPS) is 24.2. The van der Waals surface area contributed by atoms with E-state index in [1.54, 1.807) is 6.08 Å². The first-order valence-electron chi connectivity index (χ1n) is 10.8. The standard InChI is InChI=1S/C26H30O7/c1-4-15-26(18-29-16-21-11-7-5-8-12-21)24(30-17-22-13-9-6-10-14-22)23(31-19(2)27)25(33-26)32-20(3)28/h4-14,23-25H,1,15-18H2,2-3H3/t23?,24-,25?,26-/m1/s1. The average Bonchev–Trinajstić information content (AvgIpc) is 3.05. The number of hydrogen-bond donors (Lipinski definition) is 0. The van der Waals surface area contributed by atoms with Crippen molar-refractivity contribution in [3.05, 3.63) is 84.4 Å². The van der Waals surface area contributed by atoms with Gasteiger partial charge in [0.25, 0.3) is 0 Å². The van der Waals surface area contributed by atoms with E-state index in [0.29, 0.717) is 13.0 Å². The van der Waals surface area contributed by atoms with Gasteiger partial charge in [-0.3, -0.25) is 9.59 Å². The summed E-state index contributed by atoms with van der Waals surface area (Å²) in [5.41, 5.74) is 0.859. The number of benzene rings is 2. The first kappa shape index (κ1) is 24.6. The molecule has 176 valence electrons. The SMILES string of the molecule is C=CC[C@]1(COCc2ccccc2)OC(OC(C)=O)C(OC(C)=O)[C@H]1OCc1ccccc1. The van der Waals surface area contributed by atoms with E-state index in [-0.39, 0.29) is 13.2 Å². The Kier molecular flexibility index (Phi) is 8.77. The van der Waals surface area contributed by atoms with Crippen LogP contribution < -0.4 is 0 Å². The van der Waals surface area contributed by atoms with Crippen molar-refractivity contribution in [1.29, 1.82) is 0 Å². The fraction of sp³-hybridized carbons (Fsp3) is 0.385. The van der Waals surface area contributed by atoms with Gasteiger partial charge in [-0.2, -0.15) is 0 Å². The Labute approximate surface area is 194 Å². The summed E-state index contributed by atoms with van der Waals surface area (Å²) < 4.78 is 29.4. The first-order chi connectivity index (χ1) is 15.9. The highest BCUT2D eigenvalue weighted by atomic mass is 16.8. The fourth-order valence-corrected chi connectivity index (χ4v) is 3.88. The summed E-state index contributed by atoms with van der Waals surface area (Å²) in [6.07, 6.45) is -0.842. The van der Waals surface area contributed by atoms with Gasteiger partial charge in [0.1, 0.15) is 11.7 Å². The van der Waals surface area contributed by atoms with Gasteiger partial charge in [0.05, 0.1) is 19.8 Å². The maximum Gasteiger partial charge on any atom is 0.305 e. The molecule has 0 aliphatic carbocycles. The lowest BCUT2D eigenvalue weighted by molar-refractivity contribution is -0.211. The van der Waals surface area contributed by atoms with E-state index in [0.717, 1.165) is 11.1 Å². The van der Waals surface area contributed by atoms with E-state index < -0.39 is 36.0 Å². The Morgan fingerprint density at radius 3 is 2.06 bits per heavy atom. The molecule has 2 aromatic rings. The maximum absolute atomic E-state index is 11.9. The summed E-state index contributed by atoms with van der Waals surface area (Å²) in [6, 6.07) is 19.3. The van der Waals surface area contributed by atoms with Crippen LogP contribution in [0.2, 0.25) is 0 Å². The summed E-state index contributed by atoms with van der Waals surface area (Å²) >= 11 is 0. The molecule has 2 aromatic carbocycles. The molecule has 7 nitrogen and oxygen atoms in total. The van der Waals surface area contributed by atoms with Crippen molar-refractivity contribution < 1.29 is 33.3 Å². The lowest BCUT2D eigenvalue weighted by atomic mass is 9.92. The summed E-state index contributed by atoms with van der Waals surface area (Å²) in [4.78, 5) is 23.6. The topological polar surface area (TPSA) is 80.3 Å². The number of carbonyl (C=O) groups excluding carboxylic acids is 2. The molecule has 0 saturated carbocycles. The van der Waals surface area contributed by atoms with Crippen LogP contribution in [0.1, 0.15) is 31.4 Å². The predicted octanol–water partition coefficient (Wildman–Crippen LogP) is 3.95. The zero-order chi connectivity index (χ0) is 23.7. The number of ether oxygens (including phenoxy) is 5. The van der Waals surface area contributed by atoms with Gasteiger partial charge in [-0.1, -0.05) is 66.7 Å². The minimum atomic E-state index is -1.13.